The van der Waals surface area contributed by atoms with E-state index in [-0.39, 0.29) is 6.54 Å². The molecule has 1 amide bonds. The Bertz CT molecular complexity index is 452. The lowest BCUT2D eigenvalue weighted by Crippen LogP contribution is -2.36. The van der Waals surface area contributed by atoms with Crippen molar-refractivity contribution in [2.24, 2.45) is 5.73 Å². The van der Waals surface area contributed by atoms with Gasteiger partial charge in [-0.25, -0.2) is 0 Å². The number of carbonyl (C=O) groups is 1. The van der Waals surface area contributed by atoms with E-state index in [0.717, 1.165) is 4.47 Å². The fourth-order valence-corrected chi connectivity index (χ4v) is 1.65. The Morgan fingerprint density at radius 3 is 2.68 bits per heavy atom. The molecule has 19 heavy (non-hydrogen) atoms. The largest absolute Gasteiger partial charge is 0.483 e. The fraction of sp³-hybridized carbons (Fsp3) is 0.364. The van der Waals surface area contributed by atoms with E-state index < -0.39 is 25.2 Å². The third-order valence-corrected chi connectivity index (χ3v) is 2.58. The molecule has 3 N–H and O–H groups in total. The molecule has 0 unspecified atom stereocenters. The van der Waals surface area contributed by atoms with Crippen LogP contribution in [0.25, 0.3) is 0 Å². The van der Waals surface area contributed by atoms with Crippen LogP contribution in [0, 0.1) is 0 Å². The molecule has 106 valence electrons. The van der Waals surface area contributed by atoms with Gasteiger partial charge in [0.25, 0.3) is 5.91 Å². The van der Waals surface area contributed by atoms with Gasteiger partial charge in [0.1, 0.15) is 12.3 Å². The van der Waals surface area contributed by atoms with Crippen LogP contribution in [0.5, 0.6) is 5.75 Å². The Morgan fingerprint density at radius 2 is 2.11 bits per heavy atom. The van der Waals surface area contributed by atoms with Crippen LogP contribution in [0.1, 0.15) is 5.56 Å². The topological polar surface area (TPSA) is 64.3 Å². The van der Waals surface area contributed by atoms with E-state index in [0.29, 0.717) is 11.3 Å². The molecule has 1 aromatic carbocycles. The van der Waals surface area contributed by atoms with Crippen molar-refractivity contribution < 1.29 is 22.7 Å². The quantitative estimate of drug-likeness (QED) is 0.861. The highest BCUT2D eigenvalue weighted by molar-refractivity contribution is 9.10. The lowest BCUT2D eigenvalue weighted by Gasteiger charge is -2.12. The van der Waals surface area contributed by atoms with Gasteiger partial charge in [0.2, 0.25) is 0 Å². The number of rotatable bonds is 5. The highest BCUT2D eigenvalue weighted by Gasteiger charge is 2.27. The molecule has 0 bridgehead atoms. The van der Waals surface area contributed by atoms with Crippen molar-refractivity contribution in [3.8, 4) is 5.75 Å². The van der Waals surface area contributed by atoms with Crippen molar-refractivity contribution in [2.45, 2.75) is 12.7 Å². The normalized spacial score (nSPS) is 11.2. The SMILES string of the molecule is NCc1cc(Br)ccc1OCC(=O)NCC(F)(F)F. The van der Waals surface area contributed by atoms with Gasteiger partial charge in [0.15, 0.2) is 6.61 Å². The number of hydrogen-bond acceptors (Lipinski definition) is 3. The molecule has 1 rings (SSSR count). The summed E-state index contributed by atoms with van der Waals surface area (Å²) in [4.78, 5) is 11.2. The monoisotopic (exact) mass is 340 g/mol. The van der Waals surface area contributed by atoms with Gasteiger partial charge in [-0.1, -0.05) is 15.9 Å². The summed E-state index contributed by atoms with van der Waals surface area (Å²) in [7, 11) is 0. The molecule has 0 aliphatic carbocycles. The van der Waals surface area contributed by atoms with E-state index in [1.54, 1.807) is 23.5 Å². The van der Waals surface area contributed by atoms with Crippen LogP contribution < -0.4 is 15.8 Å². The minimum atomic E-state index is -4.43. The number of halogens is 4. The third kappa shape index (κ3) is 5.93. The molecule has 0 aliphatic heterocycles. The second-order valence-electron chi connectivity index (χ2n) is 3.64. The molecule has 0 fully saturated rings. The van der Waals surface area contributed by atoms with Crippen molar-refractivity contribution in [1.29, 1.82) is 0 Å². The zero-order chi connectivity index (χ0) is 14.5. The Labute approximate surface area is 116 Å². The van der Waals surface area contributed by atoms with Gasteiger partial charge in [-0.2, -0.15) is 13.2 Å². The Hall–Kier alpha value is -1.28. The summed E-state index contributed by atoms with van der Waals surface area (Å²) in [6.45, 7) is -1.68. The minimum Gasteiger partial charge on any atom is -0.483 e. The van der Waals surface area contributed by atoms with Gasteiger partial charge in [-0.3, -0.25) is 4.79 Å². The lowest BCUT2D eigenvalue weighted by molar-refractivity contribution is -0.139. The second kappa shape index (κ2) is 6.76. The number of amides is 1. The maximum absolute atomic E-state index is 11.9. The summed E-state index contributed by atoms with van der Waals surface area (Å²) >= 11 is 3.25. The number of nitrogens with one attached hydrogen (secondary N) is 1. The molecule has 4 nitrogen and oxygen atoms in total. The van der Waals surface area contributed by atoms with Crippen molar-refractivity contribution in [3.63, 3.8) is 0 Å². The van der Waals surface area contributed by atoms with E-state index in [1.165, 1.54) is 0 Å². The zero-order valence-electron chi connectivity index (χ0n) is 9.76. The summed E-state index contributed by atoms with van der Waals surface area (Å²) in [5.41, 5.74) is 6.14. The first-order valence-corrected chi connectivity index (χ1v) is 6.06. The standard InChI is InChI=1S/C11H12BrF3N2O2/c12-8-1-2-9(7(3-8)4-16)19-5-10(18)17-6-11(13,14)15/h1-3H,4-6,16H2,(H,17,18). The smallest absolute Gasteiger partial charge is 0.405 e. The number of carbonyl (C=O) groups excluding carboxylic acids is 1. The van der Waals surface area contributed by atoms with Gasteiger partial charge < -0.3 is 15.8 Å². The van der Waals surface area contributed by atoms with Crippen molar-refractivity contribution >= 4 is 21.8 Å². The molecule has 8 heteroatoms. The minimum absolute atomic E-state index is 0.193. The van der Waals surface area contributed by atoms with Crippen molar-refractivity contribution in [3.05, 3.63) is 28.2 Å². The summed E-state index contributed by atoms with van der Waals surface area (Å²) < 4.78 is 41.5. The lowest BCUT2D eigenvalue weighted by atomic mass is 10.2. The average molecular weight is 341 g/mol. The van der Waals surface area contributed by atoms with Gasteiger partial charge in [0, 0.05) is 16.6 Å². The number of nitrogens with two attached hydrogens (primary N) is 1. The first-order chi connectivity index (χ1) is 8.81. The average Bonchev–Trinajstić information content (AvgIpc) is 2.33. The number of hydrogen-bond donors (Lipinski definition) is 2. The van der Waals surface area contributed by atoms with E-state index in [9.17, 15) is 18.0 Å². The van der Waals surface area contributed by atoms with Crippen LogP contribution in [-0.2, 0) is 11.3 Å². The molecule has 0 heterocycles. The Kier molecular flexibility index (Phi) is 5.61. The molecular formula is C11H12BrF3N2O2. The van der Waals surface area contributed by atoms with E-state index in [4.69, 9.17) is 10.5 Å². The maximum atomic E-state index is 11.9. The summed E-state index contributed by atoms with van der Waals surface area (Å²) in [6, 6.07) is 4.98. The van der Waals surface area contributed by atoms with E-state index >= 15 is 0 Å². The predicted molar refractivity (Wildman–Crippen MR) is 66.6 cm³/mol. The Morgan fingerprint density at radius 1 is 1.42 bits per heavy atom. The van der Waals surface area contributed by atoms with Crippen molar-refractivity contribution in [1.82, 2.24) is 5.32 Å². The molecule has 0 aromatic heterocycles. The van der Waals surface area contributed by atoms with Gasteiger partial charge >= 0.3 is 6.18 Å². The molecule has 1 aromatic rings. The third-order valence-electron chi connectivity index (χ3n) is 2.09. The number of alkyl halides is 3. The summed E-state index contributed by atoms with van der Waals surface area (Å²) in [5, 5.41) is 1.71. The maximum Gasteiger partial charge on any atom is 0.405 e. The number of ether oxygens (including phenoxy) is 1. The molecule has 0 saturated heterocycles. The highest BCUT2D eigenvalue weighted by atomic mass is 79.9. The first-order valence-electron chi connectivity index (χ1n) is 5.26. The molecule has 0 atom stereocenters. The second-order valence-corrected chi connectivity index (χ2v) is 4.55. The van der Waals surface area contributed by atoms with Crippen LogP contribution in [-0.4, -0.2) is 25.2 Å². The molecule has 0 aliphatic rings. The summed E-state index contributed by atoms with van der Waals surface area (Å²) in [5.74, 6) is -0.476. The first kappa shape index (κ1) is 15.8. The Balaban J connectivity index is 2.50. The van der Waals surface area contributed by atoms with E-state index in [1.807, 2.05) is 0 Å². The zero-order valence-corrected chi connectivity index (χ0v) is 11.3. The van der Waals surface area contributed by atoms with Gasteiger partial charge in [-0.05, 0) is 18.2 Å². The van der Waals surface area contributed by atoms with Crippen LogP contribution in [0.4, 0.5) is 13.2 Å². The summed E-state index contributed by atoms with van der Waals surface area (Å²) in [6.07, 6.45) is -4.43. The van der Waals surface area contributed by atoms with Crippen molar-refractivity contribution in [2.75, 3.05) is 13.2 Å². The fourth-order valence-electron chi connectivity index (χ4n) is 1.24. The van der Waals surface area contributed by atoms with E-state index in [2.05, 4.69) is 15.9 Å². The van der Waals surface area contributed by atoms with Gasteiger partial charge in [-0.15, -0.1) is 0 Å². The number of benzene rings is 1. The van der Waals surface area contributed by atoms with Crippen LogP contribution in [0.15, 0.2) is 22.7 Å². The predicted octanol–water partition coefficient (Wildman–Crippen LogP) is 1.97. The highest BCUT2D eigenvalue weighted by Crippen LogP contribution is 2.22. The molecule has 0 radical (unpaired) electrons. The van der Waals surface area contributed by atoms with Crippen LogP contribution >= 0.6 is 15.9 Å². The molecule has 0 spiro atoms. The van der Waals surface area contributed by atoms with Gasteiger partial charge in [0.05, 0.1) is 0 Å². The molecular weight excluding hydrogens is 329 g/mol. The van der Waals surface area contributed by atoms with Crippen LogP contribution in [0.2, 0.25) is 0 Å². The molecule has 0 saturated carbocycles. The van der Waals surface area contributed by atoms with Crippen LogP contribution in [0.3, 0.4) is 0 Å².